The van der Waals surface area contributed by atoms with Gasteiger partial charge >= 0.3 is 0 Å². The summed E-state index contributed by atoms with van der Waals surface area (Å²) in [6.07, 6.45) is 2.74. The highest BCUT2D eigenvalue weighted by Gasteiger charge is 2.22. The topological polar surface area (TPSA) is 96.6 Å². The molecule has 3 rings (SSSR count). The van der Waals surface area contributed by atoms with Crippen molar-refractivity contribution >= 4 is 29.9 Å². The third-order valence-electron chi connectivity index (χ3n) is 4.60. The highest BCUT2D eigenvalue weighted by Crippen LogP contribution is 2.23. The molecule has 1 aliphatic heterocycles. The van der Waals surface area contributed by atoms with Crippen LogP contribution in [0.2, 0.25) is 0 Å². The van der Waals surface area contributed by atoms with Crippen LogP contribution in [0.25, 0.3) is 0 Å². The molecule has 1 aliphatic rings. The van der Waals surface area contributed by atoms with E-state index in [0.29, 0.717) is 12.3 Å². The van der Waals surface area contributed by atoms with E-state index in [9.17, 15) is 5.11 Å². The van der Waals surface area contributed by atoms with Crippen LogP contribution in [-0.4, -0.2) is 45.5 Å². The molecular formula is C19H29IN6O2. The predicted molar refractivity (Wildman–Crippen MR) is 120 cm³/mol. The molecule has 28 heavy (non-hydrogen) atoms. The number of hydrogen-bond acceptors (Lipinski definition) is 5. The van der Waals surface area contributed by atoms with Gasteiger partial charge in [0.05, 0.1) is 20.2 Å². The van der Waals surface area contributed by atoms with Crippen molar-refractivity contribution in [2.45, 2.75) is 52.2 Å². The Labute approximate surface area is 182 Å². The number of aryl methyl sites for hydroxylation is 2. The summed E-state index contributed by atoms with van der Waals surface area (Å²) >= 11 is 0. The number of nitrogens with one attached hydrogen (secondary N) is 2. The van der Waals surface area contributed by atoms with Gasteiger partial charge in [-0.05, 0) is 31.5 Å². The number of phenolic OH excluding ortho intramolecular Hbond substituents is 1. The Morgan fingerprint density at radius 3 is 2.93 bits per heavy atom. The molecule has 0 aliphatic carbocycles. The quantitative estimate of drug-likeness (QED) is 0.320. The van der Waals surface area contributed by atoms with Crippen LogP contribution in [-0.2, 0) is 25.9 Å². The fraction of sp³-hybridized carbons (Fsp3) is 0.526. The summed E-state index contributed by atoms with van der Waals surface area (Å²) < 4.78 is 7.22. The minimum Gasteiger partial charge on any atom is -0.508 e. The lowest BCUT2D eigenvalue weighted by atomic mass is 10.1. The maximum absolute atomic E-state index is 10.0. The maximum Gasteiger partial charge on any atom is 0.191 e. The number of aliphatic imine (C=N–C) groups is 1. The Morgan fingerprint density at radius 2 is 2.21 bits per heavy atom. The number of benzene rings is 1. The molecule has 8 nitrogen and oxygen atoms in total. The van der Waals surface area contributed by atoms with Gasteiger partial charge in [-0.2, -0.15) is 5.10 Å². The molecule has 1 atom stereocenters. The molecule has 0 fully saturated rings. The molecule has 0 spiro atoms. The summed E-state index contributed by atoms with van der Waals surface area (Å²) in [5.74, 6) is 3.61. The van der Waals surface area contributed by atoms with Gasteiger partial charge < -0.3 is 20.5 Å². The number of guanidine groups is 1. The zero-order valence-corrected chi connectivity index (χ0v) is 18.9. The first kappa shape index (κ1) is 22.3. The molecule has 154 valence electrons. The summed E-state index contributed by atoms with van der Waals surface area (Å²) in [6, 6.07) is 5.40. The Kier molecular flexibility index (Phi) is 8.34. The Morgan fingerprint density at radius 1 is 1.39 bits per heavy atom. The smallest absolute Gasteiger partial charge is 0.191 e. The largest absolute Gasteiger partial charge is 0.508 e. The average molecular weight is 500 g/mol. The molecule has 3 N–H and O–H groups in total. The molecule has 1 aromatic heterocycles. The zero-order valence-electron chi connectivity index (χ0n) is 16.6. The molecule has 1 aromatic carbocycles. The summed E-state index contributed by atoms with van der Waals surface area (Å²) in [7, 11) is 1.61. The number of nitrogens with zero attached hydrogens (tertiary/aromatic N) is 4. The van der Waals surface area contributed by atoms with Crippen LogP contribution < -0.4 is 15.4 Å². The van der Waals surface area contributed by atoms with Crippen molar-refractivity contribution in [3.8, 4) is 11.5 Å². The molecule has 2 heterocycles. The number of ether oxygens (including phenoxy) is 1. The van der Waals surface area contributed by atoms with Crippen molar-refractivity contribution < 1.29 is 9.84 Å². The van der Waals surface area contributed by atoms with Crippen LogP contribution in [0.1, 0.15) is 37.5 Å². The van der Waals surface area contributed by atoms with Crippen molar-refractivity contribution in [2.24, 2.45) is 4.99 Å². The van der Waals surface area contributed by atoms with Gasteiger partial charge in [-0.15, -0.1) is 24.0 Å². The van der Waals surface area contributed by atoms with Crippen molar-refractivity contribution in [1.82, 2.24) is 25.4 Å². The predicted octanol–water partition coefficient (Wildman–Crippen LogP) is 2.24. The molecule has 1 unspecified atom stereocenters. The lowest BCUT2D eigenvalue weighted by Crippen LogP contribution is -2.47. The molecular weight excluding hydrogens is 471 g/mol. The Bertz CT molecular complexity index is 808. The van der Waals surface area contributed by atoms with Crippen LogP contribution >= 0.6 is 24.0 Å². The van der Waals surface area contributed by atoms with E-state index < -0.39 is 0 Å². The van der Waals surface area contributed by atoms with Gasteiger partial charge in [0.2, 0.25) is 0 Å². The van der Waals surface area contributed by atoms with E-state index in [4.69, 9.17) is 4.74 Å². The van der Waals surface area contributed by atoms with Gasteiger partial charge in [0.15, 0.2) is 11.8 Å². The van der Waals surface area contributed by atoms with Crippen LogP contribution in [0, 0.1) is 0 Å². The number of phenols is 1. The number of methoxy groups -OCH3 is 1. The highest BCUT2D eigenvalue weighted by atomic mass is 127. The number of aromatic nitrogens is 3. The number of fused-ring (bicyclic) bond motifs is 1. The second kappa shape index (κ2) is 10.5. The van der Waals surface area contributed by atoms with Crippen LogP contribution in [0.4, 0.5) is 0 Å². The summed E-state index contributed by atoms with van der Waals surface area (Å²) in [5.41, 5.74) is 0.723. The molecule has 2 aromatic rings. The normalized spacial score (nSPS) is 16.1. The van der Waals surface area contributed by atoms with Crippen LogP contribution in [0.3, 0.4) is 0 Å². The molecule has 0 saturated carbocycles. The first-order valence-electron chi connectivity index (χ1n) is 9.46. The van der Waals surface area contributed by atoms with E-state index >= 15 is 0 Å². The first-order chi connectivity index (χ1) is 13.1. The number of hydrogen-bond donors (Lipinski definition) is 3. The molecule has 0 amide bonds. The molecule has 0 radical (unpaired) electrons. The van der Waals surface area contributed by atoms with Gasteiger partial charge in [-0.1, -0.05) is 6.92 Å². The monoisotopic (exact) mass is 500 g/mol. The maximum atomic E-state index is 10.0. The third-order valence-corrected chi connectivity index (χ3v) is 4.60. The Balaban J connectivity index is 0.00000280. The fourth-order valence-corrected chi connectivity index (χ4v) is 3.12. The SMILES string of the molecule is CCNC(=NCc1cc(OC)ccc1O)NC1CCc2nc(CC)nn2C1.I. The average Bonchev–Trinajstić information content (AvgIpc) is 3.10. The highest BCUT2D eigenvalue weighted by molar-refractivity contribution is 14.0. The van der Waals surface area contributed by atoms with Crippen LogP contribution in [0.5, 0.6) is 11.5 Å². The van der Waals surface area contributed by atoms with Gasteiger partial charge in [-0.3, -0.25) is 0 Å². The molecule has 9 heteroatoms. The van der Waals surface area contributed by atoms with E-state index in [1.54, 1.807) is 25.3 Å². The van der Waals surface area contributed by atoms with Gasteiger partial charge in [0, 0.05) is 31.0 Å². The summed E-state index contributed by atoms with van der Waals surface area (Å²) in [5, 5.41) is 21.4. The number of rotatable bonds is 6. The van der Waals surface area contributed by atoms with E-state index in [2.05, 4.69) is 32.6 Å². The van der Waals surface area contributed by atoms with Crippen molar-refractivity contribution in [1.29, 1.82) is 0 Å². The minimum atomic E-state index is 0. The molecule has 0 saturated heterocycles. The fourth-order valence-electron chi connectivity index (χ4n) is 3.12. The second-order valence-corrected chi connectivity index (χ2v) is 6.55. The van der Waals surface area contributed by atoms with Crippen molar-refractivity contribution in [2.75, 3.05) is 13.7 Å². The van der Waals surface area contributed by atoms with Gasteiger partial charge in [0.1, 0.15) is 17.3 Å². The van der Waals surface area contributed by atoms with E-state index in [-0.39, 0.29) is 35.8 Å². The zero-order chi connectivity index (χ0) is 19.2. The van der Waals surface area contributed by atoms with E-state index in [0.717, 1.165) is 55.5 Å². The summed E-state index contributed by atoms with van der Waals surface area (Å²) in [4.78, 5) is 9.18. The first-order valence-corrected chi connectivity index (χ1v) is 9.46. The summed E-state index contributed by atoms with van der Waals surface area (Å²) in [6.45, 7) is 6.00. The lowest BCUT2D eigenvalue weighted by molar-refractivity contribution is 0.392. The van der Waals surface area contributed by atoms with Crippen molar-refractivity contribution in [3.63, 3.8) is 0 Å². The number of halogens is 1. The number of aromatic hydroxyl groups is 1. The van der Waals surface area contributed by atoms with Gasteiger partial charge in [0.25, 0.3) is 0 Å². The Hall–Kier alpha value is -2.04. The van der Waals surface area contributed by atoms with E-state index in [1.165, 1.54) is 0 Å². The third kappa shape index (κ3) is 5.49. The lowest BCUT2D eigenvalue weighted by Gasteiger charge is -2.25. The second-order valence-electron chi connectivity index (χ2n) is 6.55. The molecule has 0 bridgehead atoms. The van der Waals surface area contributed by atoms with E-state index in [1.807, 2.05) is 11.6 Å². The van der Waals surface area contributed by atoms with Gasteiger partial charge in [-0.25, -0.2) is 14.7 Å². The standard InChI is InChI=1S/C19H28N6O2.HI/c1-4-17-23-18-9-6-14(12-25(18)24-17)22-19(20-5-2)21-11-13-10-15(27-3)7-8-16(13)26;/h7-8,10,14,26H,4-6,9,11-12H2,1-3H3,(H2,20,21,22);1H. The van der Waals surface area contributed by atoms with Crippen molar-refractivity contribution in [3.05, 3.63) is 35.4 Å². The minimum absolute atomic E-state index is 0. The van der Waals surface area contributed by atoms with Crippen LogP contribution in [0.15, 0.2) is 23.2 Å².